The number of carboxylic acid groups (broad SMARTS) is 1. The fraction of sp³-hybridized carbons (Fsp3) is 0.100. The Balaban J connectivity index is 1.59. The van der Waals surface area contributed by atoms with E-state index in [0.29, 0.717) is 23.7 Å². The number of fused-ring (bicyclic) bond motifs is 1. The molecule has 0 aliphatic carbocycles. The molecule has 0 spiro atoms. The zero-order valence-corrected chi connectivity index (χ0v) is 15.7. The number of halogens is 1. The van der Waals surface area contributed by atoms with Crippen LogP contribution in [0.25, 0.3) is 10.2 Å². The fourth-order valence-electron chi connectivity index (χ4n) is 2.85. The van der Waals surface area contributed by atoms with E-state index in [-0.39, 0.29) is 5.56 Å². The highest BCUT2D eigenvalue weighted by molar-refractivity contribution is 7.16. The van der Waals surface area contributed by atoms with E-state index in [1.165, 1.54) is 0 Å². The van der Waals surface area contributed by atoms with Crippen LogP contribution in [0.1, 0.15) is 33.0 Å². The van der Waals surface area contributed by atoms with Gasteiger partial charge in [-0.15, -0.1) is 11.3 Å². The van der Waals surface area contributed by atoms with Crippen LogP contribution < -0.4 is 0 Å². The molecule has 2 aromatic heterocycles. The number of carbonyl (C=O) groups is 1. The lowest BCUT2D eigenvalue weighted by Gasteiger charge is -2.07. The molecule has 27 heavy (non-hydrogen) atoms. The Bertz CT molecular complexity index is 1140. The van der Waals surface area contributed by atoms with Crippen molar-refractivity contribution in [3.63, 3.8) is 0 Å². The van der Waals surface area contributed by atoms with Crippen LogP contribution in [0.15, 0.2) is 54.2 Å². The Morgan fingerprint density at radius 3 is 2.78 bits per heavy atom. The third kappa shape index (κ3) is 3.97. The molecule has 0 saturated heterocycles. The monoisotopic (exact) mass is 395 g/mol. The summed E-state index contributed by atoms with van der Waals surface area (Å²) in [4.78, 5) is 24.3. The molecule has 0 bridgehead atoms. The number of aromatic nitrogens is 3. The maximum absolute atomic E-state index is 11.1. The molecule has 1 N–H and O–H groups in total. The van der Waals surface area contributed by atoms with E-state index in [2.05, 4.69) is 21.0 Å². The predicted molar refractivity (Wildman–Crippen MR) is 106 cm³/mol. The summed E-state index contributed by atoms with van der Waals surface area (Å²) in [5.41, 5.74) is 5.76. The van der Waals surface area contributed by atoms with Gasteiger partial charge < -0.3 is 5.11 Å². The van der Waals surface area contributed by atoms with Gasteiger partial charge in [-0.25, -0.2) is 19.7 Å². The minimum atomic E-state index is -0.951. The fourth-order valence-corrected chi connectivity index (χ4v) is 3.75. The molecular weight excluding hydrogens is 382 g/mol. The molecule has 0 fully saturated rings. The standard InChI is InChI=1S/C20H14ClN3O2S/c21-15-10-22-19(9-12-2-1-3-14(6-12)20(25)26)24-17(15)7-13-4-5-16-18(8-13)27-11-23-16/h1-6,8,10-11H,7,9H2,(H,25,26). The van der Waals surface area contributed by atoms with Gasteiger partial charge in [0.1, 0.15) is 5.82 Å². The quantitative estimate of drug-likeness (QED) is 0.533. The van der Waals surface area contributed by atoms with Gasteiger partial charge in [0.15, 0.2) is 0 Å². The summed E-state index contributed by atoms with van der Waals surface area (Å²) in [5, 5.41) is 9.64. The number of benzene rings is 2. The van der Waals surface area contributed by atoms with Gasteiger partial charge in [0, 0.05) is 19.0 Å². The Hall–Kier alpha value is -2.83. The zero-order valence-electron chi connectivity index (χ0n) is 14.1. The van der Waals surface area contributed by atoms with E-state index in [4.69, 9.17) is 16.7 Å². The van der Waals surface area contributed by atoms with Gasteiger partial charge in [0.05, 0.1) is 32.0 Å². The molecule has 134 valence electrons. The second-order valence-corrected chi connectivity index (χ2v) is 7.39. The van der Waals surface area contributed by atoms with Crippen molar-refractivity contribution in [3.05, 3.63) is 87.4 Å². The van der Waals surface area contributed by atoms with Gasteiger partial charge in [-0.2, -0.15) is 0 Å². The molecule has 0 aliphatic rings. The molecule has 5 nitrogen and oxygen atoms in total. The summed E-state index contributed by atoms with van der Waals surface area (Å²) < 4.78 is 1.13. The first-order valence-electron chi connectivity index (χ1n) is 8.23. The van der Waals surface area contributed by atoms with Crippen LogP contribution in [-0.4, -0.2) is 26.0 Å². The van der Waals surface area contributed by atoms with Crippen molar-refractivity contribution in [1.29, 1.82) is 0 Å². The molecule has 0 amide bonds. The topological polar surface area (TPSA) is 76.0 Å². The first-order chi connectivity index (χ1) is 13.1. The van der Waals surface area contributed by atoms with Gasteiger partial charge in [-0.1, -0.05) is 29.8 Å². The molecule has 7 heteroatoms. The van der Waals surface area contributed by atoms with Crippen LogP contribution in [-0.2, 0) is 12.8 Å². The maximum atomic E-state index is 11.1. The normalized spacial score (nSPS) is 11.0. The first kappa shape index (κ1) is 17.6. The maximum Gasteiger partial charge on any atom is 0.335 e. The molecule has 0 unspecified atom stereocenters. The van der Waals surface area contributed by atoms with E-state index in [1.54, 1.807) is 35.7 Å². The molecule has 4 aromatic rings. The molecule has 2 aromatic carbocycles. The predicted octanol–water partition coefficient (Wildman–Crippen LogP) is 4.62. The van der Waals surface area contributed by atoms with Gasteiger partial charge in [-0.05, 0) is 35.4 Å². The van der Waals surface area contributed by atoms with Crippen LogP contribution in [0.3, 0.4) is 0 Å². The first-order valence-corrected chi connectivity index (χ1v) is 9.49. The van der Waals surface area contributed by atoms with Gasteiger partial charge >= 0.3 is 5.97 Å². The molecule has 0 atom stereocenters. The van der Waals surface area contributed by atoms with Crippen molar-refractivity contribution < 1.29 is 9.90 Å². The Morgan fingerprint density at radius 1 is 1.07 bits per heavy atom. The van der Waals surface area contributed by atoms with Gasteiger partial charge in [-0.3, -0.25) is 0 Å². The molecule has 2 heterocycles. The zero-order chi connectivity index (χ0) is 18.8. The highest BCUT2D eigenvalue weighted by Gasteiger charge is 2.10. The molecule has 4 rings (SSSR count). The van der Waals surface area contributed by atoms with Crippen molar-refractivity contribution in [2.45, 2.75) is 12.8 Å². The lowest BCUT2D eigenvalue weighted by molar-refractivity contribution is 0.0696. The minimum absolute atomic E-state index is 0.250. The second kappa shape index (κ2) is 7.42. The summed E-state index contributed by atoms with van der Waals surface area (Å²) in [5.74, 6) is -0.344. The van der Waals surface area contributed by atoms with Crippen LogP contribution in [0.2, 0.25) is 5.02 Å². The van der Waals surface area contributed by atoms with Crippen LogP contribution in [0.5, 0.6) is 0 Å². The number of nitrogens with zero attached hydrogens (tertiary/aromatic N) is 3. The average molecular weight is 396 g/mol. The molecule has 0 radical (unpaired) electrons. The van der Waals surface area contributed by atoms with E-state index in [9.17, 15) is 4.79 Å². The third-order valence-electron chi connectivity index (χ3n) is 4.17. The van der Waals surface area contributed by atoms with Crippen LogP contribution in [0.4, 0.5) is 0 Å². The van der Waals surface area contributed by atoms with Gasteiger partial charge in [0.25, 0.3) is 0 Å². The van der Waals surface area contributed by atoms with Gasteiger partial charge in [0.2, 0.25) is 0 Å². The lowest BCUT2D eigenvalue weighted by atomic mass is 10.1. The van der Waals surface area contributed by atoms with Crippen molar-refractivity contribution in [2.75, 3.05) is 0 Å². The number of carboxylic acids is 1. The molecule has 0 aliphatic heterocycles. The number of hydrogen-bond donors (Lipinski definition) is 1. The smallest absolute Gasteiger partial charge is 0.335 e. The van der Waals surface area contributed by atoms with Crippen molar-refractivity contribution in [3.8, 4) is 0 Å². The number of rotatable bonds is 5. The van der Waals surface area contributed by atoms with E-state index in [1.807, 2.05) is 23.7 Å². The summed E-state index contributed by atoms with van der Waals surface area (Å²) in [6, 6.07) is 12.9. The van der Waals surface area contributed by atoms with E-state index < -0.39 is 5.97 Å². The minimum Gasteiger partial charge on any atom is -0.478 e. The van der Waals surface area contributed by atoms with E-state index >= 15 is 0 Å². The second-order valence-electron chi connectivity index (χ2n) is 6.09. The molecular formula is C20H14ClN3O2S. The van der Waals surface area contributed by atoms with Crippen LogP contribution >= 0.6 is 22.9 Å². The van der Waals surface area contributed by atoms with E-state index in [0.717, 1.165) is 27.0 Å². The Morgan fingerprint density at radius 2 is 1.93 bits per heavy atom. The lowest BCUT2D eigenvalue weighted by Crippen LogP contribution is -2.03. The summed E-state index contributed by atoms with van der Waals surface area (Å²) in [6.45, 7) is 0. The van der Waals surface area contributed by atoms with Crippen molar-refractivity contribution >= 4 is 39.1 Å². The van der Waals surface area contributed by atoms with Crippen molar-refractivity contribution in [2.24, 2.45) is 0 Å². The number of aromatic carboxylic acids is 1. The number of thiazole rings is 1. The third-order valence-corrected chi connectivity index (χ3v) is 5.28. The largest absolute Gasteiger partial charge is 0.478 e. The summed E-state index contributed by atoms with van der Waals surface area (Å²) >= 11 is 7.90. The SMILES string of the molecule is O=C(O)c1cccc(Cc2ncc(Cl)c(Cc3ccc4ncsc4c3)n2)c1. The molecule has 0 saturated carbocycles. The average Bonchev–Trinajstić information content (AvgIpc) is 3.12. The summed E-state index contributed by atoms with van der Waals surface area (Å²) in [7, 11) is 0. The Kier molecular flexibility index (Phi) is 4.83. The highest BCUT2D eigenvalue weighted by atomic mass is 35.5. The van der Waals surface area contributed by atoms with Crippen molar-refractivity contribution in [1.82, 2.24) is 15.0 Å². The highest BCUT2D eigenvalue weighted by Crippen LogP contribution is 2.23. The van der Waals surface area contributed by atoms with Crippen LogP contribution in [0, 0.1) is 0 Å². The Labute approximate surface area is 164 Å². The number of hydrogen-bond acceptors (Lipinski definition) is 5. The summed E-state index contributed by atoms with van der Waals surface area (Å²) in [6.07, 6.45) is 2.64.